The third kappa shape index (κ3) is 2.83. The van der Waals surface area contributed by atoms with Crippen molar-refractivity contribution in [2.75, 3.05) is 6.67 Å². The molecule has 1 unspecified atom stereocenters. The molecule has 0 amide bonds. The second-order valence-corrected chi connectivity index (χ2v) is 1.12. The van der Waals surface area contributed by atoms with Gasteiger partial charge < -0.3 is 4.52 Å². The summed E-state index contributed by atoms with van der Waals surface area (Å²) >= 11 is 0. The van der Waals surface area contributed by atoms with Gasteiger partial charge in [0.25, 0.3) is 0 Å². The van der Waals surface area contributed by atoms with Gasteiger partial charge in [0.05, 0.1) is 0 Å². The van der Waals surface area contributed by atoms with E-state index in [-0.39, 0.29) is 0 Å². The lowest BCUT2D eigenvalue weighted by molar-refractivity contribution is -0.177. The second kappa shape index (κ2) is 2.48. The minimum Gasteiger partial charge on any atom is -0.302 e. The molecule has 0 radical (unpaired) electrons. The normalized spacial score (nSPS) is 12.0. The van der Waals surface area contributed by atoms with E-state index in [1.54, 1.807) is 0 Å². The molecule has 0 rings (SSSR count). The second-order valence-electron chi connectivity index (χ2n) is 0.889. The summed E-state index contributed by atoms with van der Waals surface area (Å²) in [6, 6.07) is 0. The zero-order valence-corrected chi connectivity index (χ0v) is 4.48. The highest BCUT2D eigenvalue weighted by atomic mass is 31.0. The van der Waals surface area contributed by atoms with E-state index in [1.807, 2.05) is 0 Å². The van der Waals surface area contributed by atoms with Crippen molar-refractivity contribution < 1.29 is 17.7 Å². The molecular weight excluding hydrogens is 128 g/mol. The molecule has 0 bridgehead atoms. The first-order chi connectivity index (χ1) is 3.12. The molecule has 0 aliphatic carbocycles. The van der Waals surface area contributed by atoms with Crippen molar-refractivity contribution in [1.29, 1.82) is 0 Å². The van der Waals surface area contributed by atoms with Gasteiger partial charge in [0.2, 0.25) is 0 Å². The molecule has 0 aromatic heterocycles. The van der Waals surface area contributed by atoms with E-state index in [0.29, 0.717) is 0 Å². The van der Waals surface area contributed by atoms with Crippen molar-refractivity contribution in [3.63, 3.8) is 0 Å². The summed E-state index contributed by atoms with van der Waals surface area (Å²) in [6.07, 6.45) is -3.62. The van der Waals surface area contributed by atoms with Gasteiger partial charge in [-0.05, 0) is 0 Å². The van der Waals surface area contributed by atoms with Crippen LogP contribution in [0.1, 0.15) is 0 Å². The Hall–Kier alpha value is 0.180. The van der Waals surface area contributed by atoms with E-state index < -0.39 is 12.8 Å². The Balaban J connectivity index is 3.36. The summed E-state index contributed by atoms with van der Waals surface area (Å²) in [6.45, 7) is -1.78. The van der Waals surface area contributed by atoms with Gasteiger partial charge in [0, 0.05) is 9.47 Å². The Morgan fingerprint density at radius 2 is 2.00 bits per heavy atom. The van der Waals surface area contributed by atoms with Crippen LogP contribution in [0.5, 0.6) is 0 Å². The lowest BCUT2D eigenvalue weighted by atomic mass is 10.7. The van der Waals surface area contributed by atoms with E-state index in [4.69, 9.17) is 0 Å². The maximum absolute atomic E-state index is 11.3. The largest absolute Gasteiger partial charge is 0.386 e. The monoisotopic (exact) mass is 132 g/mol. The first-order valence-corrected chi connectivity index (χ1v) is 1.91. The summed E-state index contributed by atoms with van der Waals surface area (Å²) in [4.78, 5) is 0. The van der Waals surface area contributed by atoms with Gasteiger partial charge in [0.15, 0.2) is 6.67 Å². The Morgan fingerprint density at radius 1 is 1.57 bits per heavy atom. The summed E-state index contributed by atoms with van der Waals surface area (Å²) < 4.78 is 36.7. The first-order valence-electron chi connectivity index (χ1n) is 1.44. The van der Waals surface area contributed by atoms with E-state index >= 15 is 0 Å². The molecule has 0 fully saturated rings. The van der Waals surface area contributed by atoms with E-state index in [0.717, 1.165) is 0 Å². The van der Waals surface area contributed by atoms with E-state index in [1.165, 1.54) is 9.47 Å². The number of hydrogen-bond donors (Lipinski definition) is 0. The minimum absolute atomic E-state index is 1.28. The Morgan fingerprint density at radius 3 is 2.00 bits per heavy atom. The average Bonchev–Trinajstić information content (AvgIpc) is 1.68. The zero-order valence-electron chi connectivity index (χ0n) is 3.33. The van der Waals surface area contributed by atoms with Gasteiger partial charge in [-0.2, -0.15) is 8.78 Å². The smallest absolute Gasteiger partial charge is 0.302 e. The van der Waals surface area contributed by atoms with Crippen LogP contribution in [0.4, 0.5) is 13.2 Å². The minimum atomic E-state index is -3.62. The van der Waals surface area contributed by atoms with Gasteiger partial charge in [0.1, 0.15) is 0 Å². The lowest BCUT2D eigenvalue weighted by Gasteiger charge is -2.06. The van der Waals surface area contributed by atoms with Crippen molar-refractivity contribution in [3.05, 3.63) is 0 Å². The molecule has 0 saturated carbocycles. The molecule has 5 heteroatoms. The fourth-order valence-corrected chi connectivity index (χ4v) is 0.0945. The first kappa shape index (κ1) is 7.18. The molecule has 7 heavy (non-hydrogen) atoms. The fourth-order valence-electron chi connectivity index (χ4n) is 0.0315. The summed E-state index contributed by atoms with van der Waals surface area (Å²) in [5.41, 5.74) is 0. The van der Waals surface area contributed by atoms with Gasteiger partial charge >= 0.3 is 6.11 Å². The van der Waals surface area contributed by atoms with Crippen LogP contribution in [0.2, 0.25) is 0 Å². The van der Waals surface area contributed by atoms with Crippen LogP contribution in [0.15, 0.2) is 0 Å². The summed E-state index contributed by atoms with van der Waals surface area (Å²) in [5, 5.41) is 0. The maximum atomic E-state index is 11.3. The molecule has 0 aliphatic rings. The standard InChI is InChI=1S/C2H4F3OP/c3-1-2(4,5)6-7/h1,7H2. The number of alkyl halides is 3. The Labute approximate surface area is 41.1 Å². The van der Waals surface area contributed by atoms with Gasteiger partial charge in [-0.3, -0.25) is 0 Å². The van der Waals surface area contributed by atoms with Gasteiger partial charge in [-0.15, -0.1) is 0 Å². The number of halogens is 3. The predicted octanol–water partition coefficient (Wildman–Crippen LogP) is 1.36. The van der Waals surface area contributed by atoms with Crippen LogP contribution in [0.3, 0.4) is 0 Å². The van der Waals surface area contributed by atoms with Crippen molar-refractivity contribution in [2.45, 2.75) is 6.11 Å². The fraction of sp³-hybridized carbons (Fsp3) is 1.00. The molecule has 0 spiro atoms. The number of rotatable bonds is 2. The molecule has 0 aromatic rings. The summed E-state index contributed by atoms with van der Waals surface area (Å²) in [5.74, 6) is 0. The SMILES string of the molecule is FCC(F)(F)OP. The summed E-state index contributed by atoms with van der Waals surface area (Å²) in [7, 11) is 1.28. The Bertz CT molecular complexity index is 50.9. The third-order valence-electron chi connectivity index (χ3n) is 0.328. The van der Waals surface area contributed by atoms with Crippen molar-refractivity contribution in [2.24, 2.45) is 0 Å². The highest BCUT2D eigenvalue weighted by Crippen LogP contribution is 2.17. The van der Waals surface area contributed by atoms with Crippen LogP contribution in [0, 0.1) is 0 Å². The van der Waals surface area contributed by atoms with Crippen LogP contribution in [0.25, 0.3) is 0 Å². The highest BCUT2D eigenvalue weighted by Gasteiger charge is 2.27. The van der Waals surface area contributed by atoms with Crippen LogP contribution in [-0.4, -0.2) is 12.8 Å². The van der Waals surface area contributed by atoms with Gasteiger partial charge in [-0.25, -0.2) is 4.39 Å². The van der Waals surface area contributed by atoms with Crippen molar-refractivity contribution >= 4 is 9.47 Å². The highest BCUT2D eigenvalue weighted by molar-refractivity contribution is 7.09. The maximum Gasteiger partial charge on any atom is 0.386 e. The molecular formula is C2H4F3OP. The Kier molecular flexibility index (Phi) is 2.54. The van der Waals surface area contributed by atoms with Gasteiger partial charge in [-0.1, -0.05) is 0 Å². The quantitative estimate of drug-likeness (QED) is 0.515. The van der Waals surface area contributed by atoms with Crippen LogP contribution < -0.4 is 0 Å². The average molecular weight is 132 g/mol. The lowest BCUT2D eigenvalue weighted by Crippen LogP contribution is -2.17. The molecule has 0 aliphatic heterocycles. The molecule has 44 valence electrons. The predicted molar refractivity (Wildman–Crippen MR) is 21.7 cm³/mol. The molecule has 0 heterocycles. The van der Waals surface area contributed by atoms with E-state index in [9.17, 15) is 13.2 Å². The molecule has 0 N–H and O–H groups in total. The zero-order chi connectivity index (χ0) is 5.91. The molecule has 0 saturated heterocycles. The van der Waals surface area contributed by atoms with E-state index in [2.05, 4.69) is 4.52 Å². The molecule has 1 atom stereocenters. The topological polar surface area (TPSA) is 9.23 Å². The third-order valence-corrected chi connectivity index (χ3v) is 0.673. The molecule has 0 aromatic carbocycles. The van der Waals surface area contributed by atoms with Crippen LogP contribution >= 0.6 is 9.47 Å². The molecule has 1 nitrogen and oxygen atoms in total. The van der Waals surface area contributed by atoms with Crippen LogP contribution in [-0.2, 0) is 4.52 Å². The van der Waals surface area contributed by atoms with Crippen molar-refractivity contribution in [3.8, 4) is 0 Å². The van der Waals surface area contributed by atoms with Crippen molar-refractivity contribution in [1.82, 2.24) is 0 Å². The number of hydrogen-bond acceptors (Lipinski definition) is 1.